The van der Waals surface area contributed by atoms with E-state index in [1.807, 2.05) is 0 Å². The molecule has 2 heterocycles. The molecule has 2 saturated heterocycles. The molecule has 2 aromatic carbocycles. The first-order chi connectivity index (χ1) is 19.3. The number of carbonyl (C=O) groups excluding carboxylic acids is 3. The molecule has 0 saturated carbocycles. The summed E-state index contributed by atoms with van der Waals surface area (Å²) in [5.41, 5.74) is 0.0134. The monoisotopic (exact) mass is 616 g/mol. The lowest BCUT2D eigenvalue weighted by molar-refractivity contribution is -0.132. The van der Waals surface area contributed by atoms with Crippen LogP contribution in [-0.2, 0) is 23.8 Å². The van der Waals surface area contributed by atoms with Crippen molar-refractivity contribution < 1.29 is 37.4 Å². The molecule has 2 fully saturated rings. The molecule has 3 N–H and O–H groups in total. The van der Waals surface area contributed by atoms with Gasteiger partial charge < -0.3 is 35.1 Å². The lowest BCUT2D eigenvalue weighted by Gasteiger charge is -2.33. The first kappa shape index (κ1) is 32.5. The zero-order valence-corrected chi connectivity index (χ0v) is 24.3. The number of morpholine rings is 2. The fourth-order valence-electron chi connectivity index (χ4n) is 3.63. The number of amides is 3. The van der Waals surface area contributed by atoms with Gasteiger partial charge in [-0.05, 0) is 57.2 Å². The molecule has 3 amide bonds. The van der Waals surface area contributed by atoms with Crippen molar-refractivity contribution in [2.75, 3.05) is 50.0 Å². The van der Waals surface area contributed by atoms with Gasteiger partial charge in [-0.2, -0.15) is 0 Å². The molecule has 0 radical (unpaired) electrons. The maximum atomic E-state index is 13.4. The van der Waals surface area contributed by atoms with Crippen LogP contribution in [0.4, 0.5) is 25.0 Å². The van der Waals surface area contributed by atoms with Crippen LogP contribution < -0.4 is 16.0 Å². The van der Waals surface area contributed by atoms with Gasteiger partial charge >= 0.3 is 6.09 Å². The maximum absolute atomic E-state index is 13.4. The minimum atomic E-state index is -0.856. The summed E-state index contributed by atoms with van der Waals surface area (Å²) in [5, 5.41) is 8.16. The average molecular weight is 617 g/mol. The van der Waals surface area contributed by atoms with Gasteiger partial charge in [-0.3, -0.25) is 9.59 Å². The Kier molecular flexibility index (Phi) is 11.7. The zero-order valence-electron chi connectivity index (χ0n) is 22.8. The molecule has 4 rings (SSSR count). The number of anilines is 2. The number of hydrogen-bond donors (Lipinski definition) is 3. The molecule has 41 heavy (non-hydrogen) atoms. The second-order valence-electron chi connectivity index (χ2n) is 10.1. The minimum absolute atomic E-state index is 0.0265. The van der Waals surface area contributed by atoms with Crippen molar-refractivity contribution in [1.82, 2.24) is 10.2 Å². The Morgan fingerprint density at radius 1 is 0.927 bits per heavy atom. The molecule has 2 unspecified atom stereocenters. The highest BCUT2D eigenvalue weighted by Gasteiger charge is 2.32. The first-order valence-corrected chi connectivity index (χ1v) is 13.5. The van der Waals surface area contributed by atoms with Crippen molar-refractivity contribution in [2.24, 2.45) is 0 Å². The van der Waals surface area contributed by atoms with Crippen LogP contribution in [0.2, 0.25) is 10.0 Å². The molecule has 224 valence electrons. The van der Waals surface area contributed by atoms with Gasteiger partial charge in [0.2, 0.25) is 0 Å². The Bertz CT molecular complexity index is 1240. The number of nitrogens with one attached hydrogen (secondary N) is 3. The fraction of sp³-hybridized carbons (Fsp3) is 0.444. The molecule has 2 atom stereocenters. The van der Waals surface area contributed by atoms with Crippen molar-refractivity contribution in [2.45, 2.75) is 38.6 Å². The number of benzene rings is 2. The lowest BCUT2D eigenvalue weighted by atomic mass is 10.2. The van der Waals surface area contributed by atoms with Crippen molar-refractivity contribution in [3.63, 3.8) is 0 Å². The smallest absolute Gasteiger partial charge is 0.410 e. The minimum Gasteiger partial charge on any atom is -0.444 e. The lowest BCUT2D eigenvalue weighted by Crippen LogP contribution is -2.51. The third-order valence-electron chi connectivity index (χ3n) is 5.60. The highest BCUT2D eigenvalue weighted by atomic mass is 35.5. The van der Waals surface area contributed by atoms with Gasteiger partial charge in [0.25, 0.3) is 11.8 Å². The Hall–Kier alpha value is -3.03. The topological polar surface area (TPSA) is 118 Å². The molecule has 2 aliphatic heterocycles. The van der Waals surface area contributed by atoms with E-state index in [1.165, 1.54) is 29.2 Å². The van der Waals surface area contributed by atoms with Crippen LogP contribution >= 0.6 is 23.2 Å². The van der Waals surface area contributed by atoms with Gasteiger partial charge in [-0.1, -0.05) is 23.2 Å². The van der Waals surface area contributed by atoms with E-state index in [0.29, 0.717) is 25.4 Å². The molecule has 2 aromatic rings. The van der Waals surface area contributed by atoms with Crippen molar-refractivity contribution in [3.05, 3.63) is 58.1 Å². The summed E-state index contributed by atoms with van der Waals surface area (Å²) in [4.78, 5) is 37.5. The van der Waals surface area contributed by atoms with E-state index in [1.54, 1.807) is 26.8 Å². The van der Waals surface area contributed by atoms with E-state index < -0.39 is 41.4 Å². The molecule has 14 heteroatoms. The summed E-state index contributed by atoms with van der Waals surface area (Å²) in [6.45, 7) is 7.62. The van der Waals surface area contributed by atoms with E-state index >= 15 is 0 Å². The summed E-state index contributed by atoms with van der Waals surface area (Å²) < 4.78 is 42.5. The number of carbonyl (C=O) groups is 3. The van der Waals surface area contributed by atoms with Crippen LogP contribution in [0.15, 0.2) is 36.4 Å². The van der Waals surface area contributed by atoms with E-state index in [4.69, 9.17) is 37.4 Å². The Morgan fingerprint density at radius 3 is 1.95 bits per heavy atom. The van der Waals surface area contributed by atoms with Gasteiger partial charge in [-0.25, -0.2) is 13.6 Å². The van der Waals surface area contributed by atoms with Crippen LogP contribution in [0.1, 0.15) is 20.8 Å². The first-order valence-electron chi connectivity index (χ1n) is 12.8. The largest absolute Gasteiger partial charge is 0.444 e. The molecule has 10 nitrogen and oxygen atoms in total. The summed E-state index contributed by atoms with van der Waals surface area (Å²) in [5.74, 6) is -1.95. The summed E-state index contributed by atoms with van der Waals surface area (Å²) >= 11 is 11.1. The van der Waals surface area contributed by atoms with Crippen LogP contribution in [0.5, 0.6) is 0 Å². The molecular formula is C27H32Cl2F2N4O6. The summed E-state index contributed by atoms with van der Waals surface area (Å²) in [6, 6.07) is 8.07. The molecule has 0 aromatic heterocycles. The molecule has 2 aliphatic rings. The van der Waals surface area contributed by atoms with Crippen LogP contribution in [-0.4, -0.2) is 80.0 Å². The Morgan fingerprint density at radius 2 is 1.46 bits per heavy atom. The third kappa shape index (κ3) is 10.4. The maximum Gasteiger partial charge on any atom is 0.410 e. The fourth-order valence-corrected chi connectivity index (χ4v) is 3.86. The predicted octanol–water partition coefficient (Wildman–Crippen LogP) is 4.46. The quantitative estimate of drug-likeness (QED) is 0.464. The van der Waals surface area contributed by atoms with Crippen LogP contribution in [0.3, 0.4) is 0 Å². The summed E-state index contributed by atoms with van der Waals surface area (Å²) in [6.07, 6.45) is -1.89. The van der Waals surface area contributed by atoms with E-state index in [0.717, 1.165) is 12.6 Å². The van der Waals surface area contributed by atoms with Crippen molar-refractivity contribution in [1.29, 1.82) is 0 Å². The van der Waals surface area contributed by atoms with Gasteiger partial charge in [0.15, 0.2) is 6.10 Å². The van der Waals surface area contributed by atoms with Crippen molar-refractivity contribution >= 4 is 52.5 Å². The van der Waals surface area contributed by atoms with Crippen LogP contribution in [0.25, 0.3) is 0 Å². The van der Waals surface area contributed by atoms with Gasteiger partial charge in [-0.15, -0.1) is 0 Å². The van der Waals surface area contributed by atoms with E-state index in [9.17, 15) is 23.2 Å². The normalized spacial score (nSPS) is 19.0. The number of ether oxygens (including phenoxy) is 3. The second kappa shape index (κ2) is 14.7. The number of halogens is 4. The molecule has 0 aliphatic carbocycles. The highest BCUT2D eigenvalue weighted by Crippen LogP contribution is 2.21. The second-order valence-corrected chi connectivity index (χ2v) is 10.9. The van der Waals surface area contributed by atoms with E-state index in [2.05, 4.69) is 16.0 Å². The van der Waals surface area contributed by atoms with E-state index in [-0.39, 0.29) is 34.8 Å². The standard InChI is InChI=1S/C16H20ClFN2O4.C11H12ClFN2O2/c1-16(2,3)24-15(22)20-6-7-23-13(9-20)14(21)19-10-4-5-11(17)12(18)8-10;12-8-2-1-7(5-9(8)13)15-11(16)10-6-14-3-4-17-10/h4-5,8,13H,6-7,9H2,1-3H3,(H,19,21);1-2,5,10,14H,3-4,6H2,(H,15,16). The third-order valence-corrected chi connectivity index (χ3v) is 6.22. The predicted molar refractivity (Wildman–Crippen MR) is 150 cm³/mol. The average Bonchev–Trinajstić information content (AvgIpc) is 2.93. The molecule has 0 bridgehead atoms. The number of nitrogens with zero attached hydrogens (tertiary/aromatic N) is 1. The van der Waals surface area contributed by atoms with Gasteiger partial charge in [0.1, 0.15) is 23.3 Å². The number of rotatable bonds is 4. The van der Waals surface area contributed by atoms with Gasteiger partial charge in [0.05, 0.1) is 29.8 Å². The molecular weight excluding hydrogens is 585 g/mol. The summed E-state index contributed by atoms with van der Waals surface area (Å²) in [7, 11) is 0. The molecule has 0 spiro atoms. The van der Waals surface area contributed by atoms with Crippen molar-refractivity contribution in [3.8, 4) is 0 Å². The Balaban J connectivity index is 0.000000239. The number of hydrogen-bond acceptors (Lipinski definition) is 7. The van der Waals surface area contributed by atoms with Crippen LogP contribution in [0, 0.1) is 11.6 Å². The van der Waals surface area contributed by atoms with Gasteiger partial charge in [0, 0.05) is 31.0 Å². The Labute approximate surface area is 246 Å². The SMILES string of the molecule is CC(C)(C)OC(=O)N1CCOC(C(=O)Nc2ccc(Cl)c(F)c2)C1.O=C(Nc1ccc(Cl)c(F)c1)C1CNCCO1. The zero-order chi connectivity index (χ0) is 30.2. The highest BCUT2D eigenvalue weighted by molar-refractivity contribution is 6.31.